The zero-order chi connectivity index (χ0) is 41.3. The Bertz CT molecular complexity index is 2530. The number of anilines is 2. The summed E-state index contributed by atoms with van der Waals surface area (Å²) in [6, 6.07) is 29.3. The number of aryl methyl sites for hydroxylation is 1. The summed E-state index contributed by atoms with van der Waals surface area (Å²) in [5, 5.41) is 3.54. The predicted octanol–water partition coefficient (Wildman–Crippen LogP) is 8.74. The van der Waals surface area contributed by atoms with E-state index in [1.807, 2.05) is 84.8 Å². The number of amides is 1. The number of Topliss-reactive ketones (excluding diaryl/α,β-unsaturated/α-hetero) is 1. The number of fused-ring (bicyclic) bond motifs is 8. The first kappa shape index (κ1) is 38.9. The van der Waals surface area contributed by atoms with Crippen molar-refractivity contribution in [3.63, 3.8) is 0 Å². The van der Waals surface area contributed by atoms with Crippen molar-refractivity contribution in [2.24, 2.45) is 10.9 Å². The fourth-order valence-electron chi connectivity index (χ4n) is 8.98. The van der Waals surface area contributed by atoms with Crippen molar-refractivity contribution in [2.45, 2.75) is 64.2 Å². The molecular formula is C49H47N3O8. The molecule has 1 N–H and O–H groups in total. The van der Waals surface area contributed by atoms with E-state index in [1.165, 1.54) is 12.7 Å². The largest absolute Gasteiger partial charge is 0.494 e. The lowest BCUT2D eigenvalue weighted by Crippen LogP contribution is -2.37. The summed E-state index contributed by atoms with van der Waals surface area (Å²) < 4.78 is 29.7. The van der Waals surface area contributed by atoms with Gasteiger partial charge in [0.2, 0.25) is 0 Å². The number of rotatable bonds is 13. The Morgan fingerprint density at radius 3 is 2.37 bits per heavy atom. The van der Waals surface area contributed by atoms with E-state index in [2.05, 4.69) is 23.5 Å². The molecule has 0 spiro atoms. The van der Waals surface area contributed by atoms with Gasteiger partial charge in [0, 0.05) is 54.7 Å². The number of esters is 1. The Hall–Kier alpha value is -6.62. The normalized spacial score (nSPS) is 18.1. The molecule has 0 aromatic heterocycles. The topological polar surface area (TPSA) is 125 Å². The minimum atomic E-state index is -0.247. The molecule has 0 radical (unpaired) electrons. The number of nitrogens with one attached hydrogen (secondary N) is 1. The van der Waals surface area contributed by atoms with E-state index in [9.17, 15) is 14.4 Å². The number of ketones is 1. The summed E-state index contributed by atoms with van der Waals surface area (Å²) in [5.74, 6) is 1.98. The van der Waals surface area contributed by atoms with Crippen LogP contribution in [0.4, 0.5) is 17.1 Å². The van der Waals surface area contributed by atoms with Crippen LogP contribution in [0.25, 0.3) is 0 Å². The minimum absolute atomic E-state index is 0.0741. The number of unbranched alkanes of at least 4 members (excludes halogenated alkanes) is 1. The number of hydrogen-bond donors (Lipinski definition) is 1. The maximum atomic E-state index is 14.0. The molecule has 0 saturated heterocycles. The SMILES string of the molecule is COC(=O)CCCCOc1cc(COc2cc3c(cc2C)C(=O)N2c4ccccc4C[C@H]2C=N3)cc(COc2cc3c(cc2OC)C(=O)C2c4ccccc4C[C@H]2CN3)c1. The van der Waals surface area contributed by atoms with Crippen molar-refractivity contribution in [1.29, 1.82) is 0 Å². The van der Waals surface area contributed by atoms with Gasteiger partial charge in [-0.2, -0.15) is 0 Å². The van der Waals surface area contributed by atoms with Gasteiger partial charge in [-0.25, -0.2) is 0 Å². The number of benzene rings is 5. The number of carbonyl (C=O) groups is 3. The van der Waals surface area contributed by atoms with Crippen LogP contribution in [-0.2, 0) is 35.6 Å². The lowest BCUT2D eigenvalue weighted by molar-refractivity contribution is -0.140. The standard InChI is InChI=1S/C49H47N3O8/c1-29-16-39-41(51-26-35-21-33-11-5-7-13-42(33)52(35)49(39)55)23-43(29)59-27-30-17-31(19-36(18-30)58-15-9-8-14-46(53)57-3)28-60-45-24-40-38(22-44(45)56-2)48(54)47-34(25-50-40)20-32-10-4-6-12-37(32)47/h4-7,10-13,16-19,22-24,26,34-35,47,50H,8-9,14-15,20-21,25,27-28H2,1-3H3/t34-,35-,47?/m0/s1. The quantitative estimate of drug-likeness (QED) is 0.0919. The van der Waals surface area contributed by atoms with Gasteiger partial charge in [-0.3, -0.25) is 24.3 Å². The van der Waals surface area contributed by atoms with Gasteiger partial charge in [-0.05, 0) is 102 Å². The van der Waals surface area contributed by atoms with Crippen LogP contribution < -0.4 is 29.2 Å². The van der Waals surface area contributed by atoms with Crippen molar-refractivity contribution in [2.75, 3.05) is 37.6 Å². The average Bonchev–Trinajstić information content (AvgIpc) is 3.76. The summed E-state index contributed by atoms with van der Waals surface area (Å²) in [5.41, 5.74) is 9.35. The van der Waals surface area contributed by atoms with Gasteiger partial charge in [-0.15, -0.1) is 0 Å². The number of methoxy groups -OCH3 is 2. The fraction of sp³-hybridized carbons (Fsp3) is 0.306. The van der Waals surface area contributed by atoms with E-state index in [1.54, 1.807) is 13.2 Å². The van der Waals surface area contributed by atoms with E-state index >= 15 is 0 Å². The van der Waals surface area contributed by atoms with Crippen LogP contribution in [-0.4, -0.2) is 57.3 Å². The molecule has 0 bridgehead atoms. The van der Waals surface area contributed by atoms with Crippen LogP contribution in [0, 0.1) is 12.8 Å². The van der Waals surface area contributed by atoms with Crippen LogP contribution in [0.5, 0.6) is 23.0 Å². The van der Waals surface area contributed by atoms with Gasteiger partial charge in [0.1, 0.15) is 24.7 Å². The molecule has 3 atom stereocenters. The first-order chi connectivity index (χ1) is 29.3. The number of hydrogen-bond acceptors (Lipinski definition) is 10. The van der Waals surface area contributed by atoms with E-state index < -0.39 is 0 Å². The summed E-state index contributed by atoms with van der Waals surface area (Å²) >= 11 is 0. The number of nitrogens with zero attached hydrogens (tertiary/aromatic N) is 2. The molecular weight excluding hydrogens is 759 g/mol. The smallest absolute Gasteiger partial charge is 0.305 e. The molecule has 1 aliphatic carbocycles. The first-order valence-electron chi connectivity index (χ1n) is 20.5. The lowest BCUT2D eigenvalue weighted by Gasteiger charge is -2.22. The molecule has 3 aliphatic heterocycles. The Balaban J connectivity index is 0.938. The highest BCUT2D eigenvalue weighted by atomic mass is 16.5. The molecule has 5 aromatic carbocycles. The average molecular weight is 806 g/mol. The summed E-state index contributed by atoms with van der Waals surface area (Å²) in [6.07, 6.45) is 5.08. The van der Waals surface area contributed by atoms with E-state index in [4.69, 9.17) is 28.7 Å². The van der Waals surface area contributed by atoms with Gasteiger partial charge < -0.3 is 29.0 Å². The molecule has 5 aromatic rings. The van der Waals surface area contributed by atoms with Crippen molar-refractivity contribution < 1.29 is 38.1 Å². The van der Waals surface area contributed by atoms with E-state index in [-0.39, 0.29) is 48.8 Å². The Morgan fingerprint density at radius 2 is 1.57 bits per heavy atom. The monoisotopic (exact) mass is 805 g/mol. The molecule has 4 aliphatic rings. The lowest BCUT2D eigenvalue weighted by atomic mass is 9.86. The summed E-state index contributed by atoms with van der Waals surface area (Å²) in [4.78, 5) is 46.2. The van der Waals surface area contributed by atoms with Crippen molar-refractivity contribution >= 4 is 40.9 Å². The molecule has 9 rings (SSSR count). The molecule has 11 heteroatoms. The van der Waals surface area contributed by atoms with E-state index in [0.717, 1.165) is 52.0 Å². The third-order valence-corrected chi connectivity index (χ3v) is 12.0. The van der Waals surface area contributed by atoms with Crippen molar-refractivity contribution in [3.05, 3.63) is 136 Å². The summed E-state index contributed by atoms with van der Waals surface area (Å²) in [6.45, 7) is 3.41. The fourth-order valence-corrected chi connectivity index (χ4v) is 8.98. The Morgan fingerprint density at radius 1 is 0.800 bits per heavy atom. The highest BCUT2D eigenvalue weighted by Crippen LogP contribution is 2.46. The number of carbonyl (C=O) groups excluding carboxylic acids is 3. The Kier molecular flexibility index (Phi) is 10.7. The molecule has 306 valence electrons. The highest BCUT2D eigenvalue weighted by molar-refractivity contribution is 6.14. The number of ether oxygens (including phenoxy) is 5. The Labute approximate surface area is 349 Å². The third-order valence-electron chi connectivity index (χ3n) is 12.0. The van der Waals surface area contributed by atoms with Crippen molar-refractivity contribution in [3.8, 4) is 23.0 Å². The van der Waals surface area contributed by atoms with Gasteiger partial charge in [0.05, 0.1) is 44.0 Å². The van der Waals surface area contributed by atoms with Gasteiger partial charge in [-0.1, -0.05) is 42.5 Å². The second-order valence-corrected chi connectivity index (χ2v) is 15.9. The van der Waals surface area contributed by atoms with Crippen molar-refractivity contribution in [1.82, 2.24) is 0 Å². The molecule has 1 unspecified atom stereocenters. The van der Waals surface area contributed by atoms with Gasteiger partial charge >= 0.3 is 5.97 Å². The molecule has 11 nitrogen and oxygen atoms in total. The van der Waals surface area contributed by atoms with Gasteiger partial charge in [0.15, 0.2) is 17.3 Å². The first-order valence-corrected chi connectivity index (χ1v) is 20.5. The minimum Gasteiger partial charge on any atom is -0.494 e. The predicted molar refractivity (Wildman–Crippen MR) is 229 cm³/mol. The van der Waals surface area contributed by atoms with Crippen LogP contribution >= 0.6 is 0 Å². The molecule has 0 saturated carbocycles. The molecule has 0 fully saturated rings. The molecule has 3 heterocycles. The second-order valence-electron chi connectivity index (χ2n) is 15.9. The van der Waals surface area contributed by atoms with E-state index in [0.29, 0.717) is 72.2 Å². The maximum absolute atomic E-state index is 14.0. The number of aliphatic imine (C=N–C) groups is 1. The maximum Gasteiger partial charge on any atom is 0.305 e. The molecule has 60 heavy (non-hydrogen) atoms. The van der Waals surface area contributed by atoms with Crippen LogP contribution in [0.15, 0.2) is 96.0 Å². The zero-order valence-electron chi connectivity index (χ0n) is 34.0. The molecule has 1 amide bonds. The summed E-state index contributed by atoms with van der Waals surface area (Å²) in [7, 11) is 2.97. The highest BCUT2D eigenvalue weighted by Gasteiger charge is 2.41. The number of para-hydroxylation sites is 1. The van der Waals surface area contributed by atoms with Gasteiger partial charge in [0.25, 0.3) is 5.91 Å². The van der Waals surface area contributed by atoms with Crippen LogP contribution in [0.2, 0.25) is 0 Å². The van der Waals surface area contributed by atoms with Crippen LogP contribution in [0.1, 0.15) is 79.3 Å². The third kappa shape index (κ3) is 7.56. The zero-order valence-corrected chi connectivity index (χ0v) is 34.0. The van der Waals surface area contributed by atoms with Crippen LogP contribution in [0.3, 0.4) is 0 Å². The second kappa shape index (κ2) is 16.6.